The Kier molecular flexibility index (Phi) is 4.04. The van der Waals surface area contributed by atoms with E-state index in [1.165, 1.54) is 11.6 Å². The molecule has 0 saturated carbocycles. The highest BCUT2D eigenvalue weighted by Crippen LogP contribution is 2.24. The molecule has 0 unspecified atom stereocenters. The Hall–Kier alpha value is -2.41. The lowest BCUT2D eigenvalue weighted by molar-refractivity contribution is 0.315. The minimum absolute atomic E-state index is 0.0438. The van der Waals surface area contributed by atoms with Gasteiger partial charge in [-0.15, -0.1) is 0 Å². The first-order valence-electron chi connectivity index (χ1n) is 7.35. The van der Waals surface area contributed by atoms with Gasteiger partial charge in [0.1, 0.15) is 10.4 Å². The number of nitrogens with zero attached hydrogens (tertiary/aromatic N) is 2. The summed E-state index contributed by atoms with van der Waals surface area (Å²) in [5, 5.41) is 7.33. The van der Waals surface area contributed by atoms with Gasteiger partial charge in [-0.25, -0.2) is 13.0 Å². The Morgan fingerprint density at radius 3 is 2.57 bits per heavy atom. The third-order valence-corrected chi connectivity index (χ3v) is 5.30. The van der Waals surface area contributed by atoms with Crippen molar-refractivity contribution in [1.29, 1.82) is 0 Å². The van der Waals surface area contributed by atoms with Crippen LogP contribution in [0.3, 0.4) is 0 Å². The first-order chi connectivity index (χ1) is 11.0. The molecular weight excluding hydrogens is 314 g/mol. The quantitative estimate of drug-likeness (QED) is 0.773. The van der Waals surface area contributed by atoms with Gasteiger partial charge in [0.15, 0.2) is 5.52 Å². The van der Waals surface area contributed by atoms with Gasteiger partial charge in [0.25, 0.3) is 10.0 Å². The molecular formula is C16H17N3O3S. The average Bonchev–Trinajstić information content (AvgIpc) is 3.02. The fourth-order valence-corrected chi connectivity index (χ4v) is 3.53. The molecule has 1 aromatic heterocycles. The topological polar surface area (TPSA) is 85.1 Å². The van der Waals surface area contributed by atoms with Crippen LogP contribution in [0, 0.1) is 0 Å². The van der Waals surface area contributed by atoms with Crippen molar-refractivity contribution in [1.82, 2.24) is 10.3 Å². The summed E-state index contributed by atoms with van der Waals surface area (Å²) < 4.78 is 32.3. The molecule has 1 atom stereocenters. The molecule has 0 aliphatic carbocycles. The summed E-state index contributed by atoms with van der Waals surface area (Å²) in [4.78, 5) is 0.0438. The summed E-state index contributed by atoms with van der Waals surface area (Å²) in [5.74, 6) is 0.440. The summed E-state index contributed by atoms with van der Waals surface area (Å²) >= 11 is 0. The van der Waals surface area contributed by atoms with Crippen LogP contribution in [0.2, 0.25) is 0 Å². The van der Waals surface area contributed by atoms with Gasteiger partial charge in [-0.2, -0.15) is 0 Å². The largest absolute Gasteiger partial charge is 0.280 e. The zero-order chi connectivity index (χ0) is 16.4. The monoisotopic (exact) mass is 331 g/mol. The number of benzene rings is 2. The van der Waals surface area contributed by atoms with E-state index in [-0.39, 0.29) is 10.4 Å². The first kappa shape index (κ1) is 15.5. The molecule has 6 nitrogen and oxygen atoms in total. The van der Waals surface area contributed by atoms with Crippen molar-refractivity contribution in [2.45, 2.75) is 31.1 Å². The van der Waals surface area contributed by atoms with Crippen LogP contribution < -0.4 is 4.72 Å². The van der Waals surface area contributed by atoms with Crippen molar-refractivity contribution in [3.8, 4) is 0 Å². The number of sulfonamides is 1. The normalized spacial score (nSPS) is 13.1. The maximum absolute atomic E-state index is 12.6. The predicted octanol–water partition coefficient (Wildman–Crippen LogP) is 3.54. The average molecular weight is 331 g/mol. The minimum atomic E-state index is -3.76. The van der Waals surface area contributed by atoms with Gasteiger partial charge in [0.2, 0.25) is 0 Å². The Morgan fingerprint density at radius 1 is 1.13 bits per heavy atom. The first-order valence-corrected chi connectivity index (χ1v) is 8.83. The summed E-state index contributed by atoms with van der Waals surface area (Å²) in [6, 6.07) is 12.1. The highest BCUT2D eigenvalue weighted by Gasteiger charge is 2.20. The number of anilines is 1. The number of hydrogen-bond acceptors (Lipinski definition) is 5. The maximum atomic E-state index is 12.6. The van der Waals surface area contributed by atoms with Gasteiger partial charge in [0.05, 0.1) is 0 Å². The van der Waals surface area contributed by atoms with Crippen molar-refractivity contribution in [3.05, 3.63) is 48.0 Å². The minimum Gasteiger partial charge on any atom is -0.280 e. The Labute approximate surface area is 134 Å². The van der Waals surface area contributed by atoms with Gasteiger partial charge in [-0.05, 0) is 52.5 Å². The van der Waals surface area contributed by atoms with Crippen molar-refractivity contribution in [3.63, 3.8) is 0 Å². The van der Waals surface area contributed by atoms with E-state index in [0.29, 0.717) is 17.1 Å². The molecule has 1 N–H and O–H groups in total. The summed E-state index contributed by atoms with van der Waals surface area (Å²) in [5.41, 5.74) is 2.31. The standard InChI is InChI=1S/C16H17N3O3S/c1-3-11(2)12-7-9-13(10-8-12)19-23(20,21)15-6-4-5-14-16(15)18-22-17-14/h4-11,19H,3H2,1-2H3/t11-/m0/s1. The second kappa shape index (κ2) is 6.00. The van der Waals surface area contributed by atoms with E-state index < -0.39 is 10.0 Å². The SMILES string of the molecule is CC[C@H](C)c1ccc(NS(=O)(=O)c2cccc3nonc23)cc1. The Bertz CT molecular complexity index is 917. The molecule has 0 saturated heterocycles. The number of hydrogen-bond donors (Lipinski definition) is 1. The molecule has 2 aromatic carbocycles. The Balaban J connectivity index is 1.91. The van der Waals surface area contributed by atoms with Crippen LogP contribution in [0.4, 0.5) is 5.69 Å². The van der Waals surface area contributed by atoms with Gasteiger partial charge in [0, 0.05) is 5.69 Å². The number of rotatable bonds is 5. The van der Waals surface area contributed by atoms with Crippen LogP contribution in [0.25, 0.3) is 11.0 Å². The molecule has 7 heteroatoms. The highest BCUT2D eigenvalue weighted by atomic mass is 32.2. The molecule has 0 bridgehead atoms. The second-order valence-electron chi connectivity index (χ2n) is 5.42. The lowest BCUT2D eigenvalue weighted by atomic mass is 9.99. The van der Waals surface area contributed by atoms with Crippen LogP contribution in [0.15, 0.2) is 52.0 Å². The molecule has 0 fully saturated rings. The summed E-state index contributed by atoms with van der Waals surface area (Å²) in [6.07, 6.45) is 1.03. The fraction of sp³-hybridized carbons (Fsp3) is 0.250. The lowest BCUT2D eigenvalue weighted by Gasteiger charge is -2.11. The molecule has 1 heterocycles. The molecule has 0 aliphatic rings. The molecule has 0 spiro atoms. The van der Waals surface area contributed by atoms with E-state index in [1.807, 2.05) is 12.1 Å². The third-order valence-electron chi connectivity index (χ3n) is 3.88. The van der Waals surface area contributed by atoms with Crippen LogP contribution in [-0.2, 0) is 10.0 Å². The van der Waals surface area contributed by atoms with E-state index in [0.717, 1.165) is 6.42 Å². The van der Waals surface area contributed by atoms with Crippen molar-refractivity contribution < 1.29 is 13.0 Å². The molecule has 120 valence electrons. The molecule has 0 radical (unpaired) electrons. The van der Waals surface area contributed by atoms with E-state index in [1.54, 1.807) is 24.3 Å². The highest BCUT2D eigenvalue weighted by molar-refractivity contribution is 7.93. The van der Waals surface area contributed by atoms with Gasteiger partial charge in [-0.3, -0.25) is 4.72 Å². The van der Waals surface area contributed by atoms with E-state index in [4.69, 9.17) is 0 Å². The fourth-order valence-electron chi connectivity index (χ4n) is 2.32. The van der Waals surface area contributed by atoms with Gasteiger partial charge in [-0.1, -0.05) is 32.0 Å². The van der Waals surface area contributed by atoms with Gasteiger partial charge >= 0.3 is 0 Å². The van der Waals surface area contributed by atoms with E-state index >= 15 is 0 Å². The van der Waals surface area contributed by atoms with Crippen LogP contribution in [-0.4, -0.2) is 18.7 Å². The summed E-state index contributed by atoms with van der Waals surface area (Å²) in [7, 11) is -3.76. The zero-order valence-corrected chi connectivity index (χ0v) is 13.7. The van der Waals surface area contributed by atoms with Crippen LogP contribution in [0.1, 0.15) is 31.7 Å². The molecule has 23 heavy (non-hydrogen) atoms. The number of nitrogens with one attached hydrogen (secondary N) is 1. The van der Waals surface area contributed by atoms with Gasteiger partial charge < -0.3 is 0 Å². The van der Waals surface area contributed by atoms with Crippen LogP contribution >= 0.6 is 0 Å². The molecule has 3 aromatic rings. The zero-order valence-electron chi connectivity index (χ0n) is 12.9. The molecule has 0 aliphatic heterocycles. The van der Waals surface area contributed by atoms with Crippen LogP contribution in [0.5, 0.6) is 0 Å². The van der Waals surface area contributed by atoms with Crippen molar-refractivity contribution in [2.75, 3.05) is 4.72 Å². The predicted molar refractivity (Wildman–Crippen MR) is 87.8 cm³/mol. The summed E-state index contributed by atoms with van der Waals surface area (Å²) in [6.45, 7) is 4.26. The number of fused-ring (bicyclic) bond motifs is 1. The Morgan fingerprint density at radius 2 is 1.87 bits per heavy atom. The molecule has 3 rings (SSSR count). The smallest absolute Gasteiger partial charge is 0.264 e. The number of aromatic nitrogens is 2. The lowest BCUT2D eigenvalue weighted by Crippen LogP contribution is -2.13. The van der Waals surface area contributed by atoms with Crippen molar-refractivity contribution >= 4 is 26.7 Å². The van der Waals surface area contributed by atoms with E-state index in [9.17, 15) is 8.42 Å². The molecule has 0 amide bonds. The maximum Gasteiger partial charge on any atom is 0.264 e. The second-order valence-corrected chi connectivity index (χ2v) is 7.08. The van der Waals surface area contributed by atoms with Crippen molar-refractivity contribution in [2.24, 2.45) is 0 Å². The third kappa shape index (κ3) is 3.05. The van der Waals surface area contributed by atoms with E-state index in [2.05, 4.69) is 33.5 Å².